The van der Waals surface area contributed by atoms with Gasteiger partial charge in [-0.1, -0.05) is 12.1 Å². The van der Waals surface area contributed by atoms with Crippen molar-refractivity contribution in [3.8, 4) is 11.8 Å². The van der Waals surface area contributed by atoms with Gasteiger partial charge in [0, 0.05) is 10.9 Å². The van der Waals surface area contributed by atoms with Gasteiger partial charge >= 0.3 is 5.63 Å². The van der Waals surface area contributed by atoms with Crippen molar-refractivity contribution >= 4 is 28.0 Å². The molecule has 4 rings (SSSR count). The summed E-state index contributed by atoms with van der Waals surface area (Å²) in [6.07, 6.45) is 0. The summed E-state index contributed by atoms with van der Waals surface area (Å²) in [5, 5.41) is 22.4. The summed E-state index contributed by atoms with van der Waals surface area (Å²) in [6, 6.07) is 10.0. The fourth-order valence-electron chi connectivity index (χ4n) is 2.94. The van der Waals surface area contributed by atoms with E-state index in [4.69, 9.17) is 14.9 Å². The number of nitro groups is 1. The second kappa shape index (κ2) is 5.72. The molecule has 1 aromatic carbocycles. The number of hydrogen-bond acceptors (Lipinski definition) is 8. The molecule has 0 aliphatic carbocycles. The van der Waals surface area contributed by atoms with E-state index in [1.807, 2.05) is 6.07 Å². The summed E-state index contributed by atoms with van der Waals surface area (Å²) in [5.74, 6) is -0.825. The lowest BCUT2D eigenvalue weighted by atomic mass is 9.88. The molecular formula is C17H9N3O5S. The average Bonchev–Trinajstić information content (AvgIpc) is 3.11. The van der Waals surface area contributed by atoms with E-state index in [1.54, 1.807) is 24.3 Å². The maximum atomic E-state index is 12.6. The third-order valence-electron chi connectivity index (χ3n) is 4.08. The first-order chi connectivity index (χ1) is 12.5. The number of rotatable bonds is 2. The zero-order valence-electron chi connectivity index (χ0n) is 13.0. The third-order valence-corrected chi connectivity index (χ3v) is 5.06. The molecule has 26 heavy (non-hydrogen) atoms. The quantitative estimate of drug-likeness (QED) is 0.418. The number of nitrogens with zero attached hydrogens (tertiary/aromatic N) is 2. The molecule has 2 N–H and O–H groups in total. The number of allylic oxidation sites excluding steroid dienone is 1. The van der Waals surface area contributed by atoms with Crippen molar-refractivity contribution in [1.29, 1.82) is 5.26 Å². The Kier molecular flexibility index (Phi) is 3.49. The Morgan fingerprint density at radius 2 is 2.12 bits per heavy atom. The molecule has 2 aromatic heterocycles. The van der Waals surface area contributed by atoms with E-state index in [2.05, 4.69) is 0 Å². The van der Waals surface area contributed by atoms with E-state index in [-0.39, 0.29) is 28.5 Å². The number of nitrogens with two attached hydrogens (primary N) is 1. The predicted octanol–water partition coefficient (Wildman–Crippen LogP) is 2.98. The van der Waals surface area contributed by atoms with Gasteiger partial charge in [0.25, 0.3) is 5.69 Å². The van der Waals surface area contributed by atoms with Crippen LogP contribution < -0.4 is 16.1 Å². The van der Waals surface area contributed by atoms with Gasteiger partial charge in [-0.15, -0.1) is 11.3 Å². The normalized spacial score (nSPS) is 16.0. The molecule has 0 saturated heterocycles. The molecule has 1 aliphatic rings. The van der Waals surface area contributed by atoms with Gasteiger partial charge < -0.3 is 14.9 Å². The Balaban J connectivity index is 2.05. The lowest BCUT2D eigenvalue weighted by molar-refractivity contribution is -0.384. The van der Waals surface area contributed by atoms with Gasteiger partial charge in [0.15, 0.2) is 5.75 Å². The largest absolute Gasteiger partial charge is 0.439 e. The smallest absolute Gasteiger partial charge is 0.344 e. The Morgan fingerprint density at radius 3 is 2.81 bits per heavy atom. The van der Waals surface area contributed by atoms with Crippen LogP contribution in [0.3, 0.4) is 0 Å². The first-order valence-corrected chi connectivity index (χ1v) is 8.25. The fraction of sp³-hybridized carbons (Fsp3) is 0.0588. The molecule has 1 aliphatic heterocycles. The van der Waals surface area contributed by atoms with Crippen LogP contribution in [-0.2, 0) is 0 Å². The third kappa shape index (κ3) is 2.24. The highest BCUT2D eigenvalue weighted by Crippen LogP contribution is 2.45. The number of benzene rings is 1. The minimum Gasteiger partial charge on any atom is -0.439 e. The fourth-order valence-corrected chi connectivity index (χ4v) is 3.91. The molecule has 0 spiro atoms. The van der Waals surface area contributed by atoms with E-state index in [0.717, 1.165) is 11.3 Å². The molecule has 128 valence electrons. The Morgan fingerprint density at radius 1 is 1.35 bits per heavy atom. The van der Waals surface area contributed by atoms with Gasteiger partial charge in [-0.05, 0) is 12.1 Å². The van der Waals surface area contributed by atoms with Crippen molar-refractivity contribution in [3.63, 3.8) is 0 Å². The van der Waals surface area contributed by atoms with Gasteiger partial charge in [0.1, 0.15) is 17.2 Å². The van der Waals surface area contributed by atoms with Crippen molar-refractivity contribution in [3.05, 3.63) is 78.1 Å². The van der Waals surface area contributed by atoms with Gasteiger partial charge in [-0.2, -0.15) is 5.26 Å². The maximum absolute atomic E-state index is 12.6. The van der Waals surface area contributed by atoms with Crippen molar-refractivity contribution in [2.24, 2.45) is 5.73 Å². The molecule has 0 bridgehead atoms. The summed E-state index contributed by atoms with van der Waals surface area (Å²) >= 11 is 1.06. The molecule has 1 atom stereocenters. The molecular weight excluding hydrogens is 358 g/mol. The van der Waals surface area contributed by atoms with E-state index < -0.39 is 16.5 Å². The van der Waals surface area contributed by atoms with Crippen LogP contribution >= 0.6 is 11.3 Å². The molecule has 3 heterocycles. The lowest BCUT2D eigenvalue weighted by Crippen LogP contribution is -2.25. The van der Waals surface area contributed by atoms with Crippen molar-refractivity contribution in [2.75, 3.05) is 0 Å². The zero-order chi connectivity index (χ0) is 18.4. The molecule has 0 saturated carbocycles. The maximum Gasteiger partial charge on any atom is 0.344 e. The van der Waals surface area contributed by atoms with Crippen LogP contribution in [0.15, 0.2) is 56.4 Å². The number of fused-ring (bicyclic) bond motifs is 3. The second-order valence-electron chi connectivity index (χ2n) is 5.52. The lowest BCUT2D eigenvalue weighted by Gasteiger charge is -2.24. The zero-order valence-corrected chi connectivity index (χ0v) is 13.8. The highest BCUT2D eigenvalue weighted by Gasteiger charge is 2.37. The first-order valence-electron chi connectivity index (χ1n) is 7.37. The Labute approximate surface area is 149 Å². The summed E-state index contributed by atoms with van der Waals surface area (Å²) in [7, 11) is 0. The van der Waals surface area contributed by atoms with Crippen LogP contribution in [0.4, 0.5) is 5.69 Å². The monoisotopic (exact) mass is 367 g/mol. The van der Waals surface area contributed by atoms with E-state index in [1.165, 1.54) is 11.4 Å². The first kappa shape index (κ1) is 15.9. The predicted molar refractivity (Wildman–Crippen MR) is 92.8 cm³/mol. The minimum atomic E-state index is -0.886. The SMILES string of the molecule is N#CC1=C(N)Oc2c(c(=O)oc3ccccc23)[C@@H]1c1cc([N+](=O)[O-])cs1. The van der Waals surface area contributed by atoms with Crippen molar-refractivity contribution < 1.29 is 14.1 Å². The molecule has 0 unspecified atom stereocenters. The highest BCUT2D eigenvalue weighted by atomic mass is 32.1. The van der Waals surface area contributed by atoms with Gasteiger partial charge in [0.2, 0.25) is 5.88 Å². The van der Waals surface area contributed by atoms with Crippen molar-refractivity contribution in [2.45, 2.75) is 5.92 Å². The standard InChI is InChI=1S/C17H9N3O5S/c18-6-10-13(12-5-8(7-26-12)20(22)23)14-15(25-16(10)19)9-3-1-2-4-11(9)24-17(14)21/h1-5,7,13H,19H2/t13-/m0/s1. The van der Waals surface area contributed by atoms with Crippen LogP contribution in [-0.4, -0.2) is 4.92 Å². The van der Waals surface area contributed by atoms with Gasteiger partial charge in [0.05, 0.1) is 27.2 Å². The number of para-hydroxylation sites is 1. The Hall–Kier alpha value is -3.64. The Bertz CT molecular complexity index is 1200. The van der Waals surface area contributed by atoms with Crippen molar-refractivity contribution in [1.82, 2.24) is 0 Å². The number of ether oxygens (including phenoxy) is 1. The minimum absolute atomic E-state index is 0.0110. The number of nitriles is 1. The van der Waals surface area contributed by atoms with E-state index >= 15 is 0 Å². The summed E-state index contributed by atoms with van der Waals surface area (Å²) in [4.78, 5) is 23.5. The van der Waals surface area contributed by atoms with Gasteiger partial charge in [-0.25, -0.2) is 4.79 Å². The summed E-state index contributed by atoms with van der Waals surface area (Å²) in [5.41, 5.74) is 5.54. The van der Waals surface area contributed by atoms with Crippen LogP contribution in [0.25, 0.3) is 11.0 Å². The molecule has 9 heteroatoms. The molecule has 0 radical (unpaired) electrons. The molecule has 3 aromatic rings. The summed E-state index contributed by atoms with van der Waals surface area (Å²) < 4.78 is 10.9. The van der Waals surface area contributed by atoms with Crippen LogP contribution in [0, 0.1) is 21.4 Å². The van der Waals surface area contributed by atoms with Crippen LogP contribution in [0.2, 0.25) is 0 Å². The topological polar surface area (TPSA) is 132 Å². The van der Waals surface area contributed by atoms with Crippen LogP contribution in [0.5, 0.6) is 5.75 Å². The van der Waals surface area contributed by atoms with Gasteiger partial charge in [-0.3, -0.25) is 10.1 Å². The number of hydrogen-bond donors (Lipinski definition) is 1. The molecule has 0 amide bonds. The van der Waals surface area contributed by atoms with Crippen LogP contribution in [0.1, 0.15) is 16.4 Å². The highest BCUT2D eigenvalue weighted by molar-refractivity contribution is 7.10. The van der Waals surface area contributed by atoms with E-state index in [0.29, 0.717) is 15.8 Å². The second-order valence-corrected chi connectivity index (χ2v) is 6.46. The van der Waals surface area contributed by atoms with E-state index in [9.17, 15) is 20.2 Å². The summed E-state index contributed by atoms with van der Waals surface area (Å²) in [6.45, 7) is 0. The molecule has 8 nitrogen and oxygen atoms in total. The number of thiophene rings is 1. The molecule has 0 fully saturated rings. The average molecular weight is 367 g/mol.